The monoisotopic (exact) mass is 315 g/mol. The number of rotatable bonds is 3. The van der Waals surface area contributed by atoms with E-state index in [9.17, 15) is 9.90 Å². The molecule has 0 radical (unpaired) electrons. The molecule has 1 aromatic carbocycles. The van der Waals surface area contributed by atoms with Crippen molar-refractivity contribution in [2.24, 2.45) is 0 Å². The van der Waals surface area contributed by atoms with Crippen molar-refractivity contribution in [1.29, 1.82) is 0 Å². The van der Waals surface area contributed by atoms with E-state index >= 15 is 0 Å². The number of benzene rings is 1. The first-order chi connectivity index (χ1) is 11.0. The van der Waals surface area contributed by atoms with Crippen LogP contribution in [-0.2, 0) is 0 Å². The fourth-order valence-corrected chi connectivity index (χ4v) is 2.81. The number of carboxylic acids is 1. The minimum absolute atomic E-state index is 0.00882. The first-order valence-electron chi connectivity index (χ1n) is 7.67. The highest BCUT2D eigenvalue weighted by molar-refractivity contribution is 5.91. The van der Waals surface area contributed by atoms with Crippen molar-refractivity contribution >= 4 is 11.8 Å². The Hall–Kier alpha value is -2.41. The van der Waals surface area contributed by atoms with Gasteiger partial charge in [0.1, 0.15) is 0 Å². The molecule has 0 aliphatic carbocycles. The summed E-state index contributed by atoms with van der Waals surface area (Å²) < 4.78 is 0. The number of aryl methyl sites for hydroxylation is 2. The molecule has 0 amide bonds. The molecule has 3 rings (SSSR count). The van der Waals surface area contributed by atoms with Crippen molar-refractivity contribution < 1.29 is 9.90 Å². The van der Waals surface area contributed by atoms with Crippen molar-refractivity contribution in [2.45, 2.75) is 13.8 Å². The van der Waals surface area contributed by atoms with E-state index in [-0.39, 0.29) is 5.69 Å². The lowest BCUT2D eigenvalue weighted by molar-refractivity contribution is 0.0690. The van der Waals surface area contributed by atoms with Gasteiger partial charge in [0.05, 0.1) is 5.69 Å². The van der Waals surface area contributed by atoms with Crippen LogP contribution >= 0.6 is 0 Å². The van der Waals surface area contributed by atoms with Gasteiger partial charge in [-0.05, 0) is 32.5 Å². The van der Waals surface area contributed by atoms with E-state index in [2.05, 4.69) is 22.1 Å². The first-order valence-corrected chi connectivity index (χ1v) is 7.67. The van der Waals surface area contributed by atoms with Gasteiger partial charge in [0.2, 0.25) is 5.69 Å². The van der Waals surface area contributed by atoms with Gasteiger partial charge in [0, 0.05) is 26.2 Å². The molecule has 23 heavy (non-hydrogen) atoms. The molecule has 7 heteroatoms. The number of aromatic nitrogens is 3. The Morgan fingerprint density at radius 2 is 1.83 bits per heavy atom. The maximum atomic E-state index is 11.6. The number of aromatic carboxylic acids is 1. The zero-order valence-corrected chi connectivity index (χ0v) is 13.7. The fraction of sp³-hybridized carbons (Fsp3) is 0.438. The van der Waals surface area contributed by atoms with Gasteiger partial charge in [-0.1, -0.05) is 17.7 Å². The summed E-state index contributed by atoms with van der Waals surface area (Å²) in [4.78, 5) is 17.2. The third-order valence-corrected chi connectivity index (χ3v) is 4.17. The van der Waals surface area contributed by atoms with Gasteiger partial charge in [0.25, 0.3) is 0 Å². The van der Waals surface area contributed by atoms with Gasteiger partial charge in [-0.15, -0.1) is 15.0 Å². The third-order valence-electron chi connectivity index (χ3n) is 4.17. The van der Waals surface area contributed by atoms with Crippen LogP contribution in [0.15, 0.2) is 18.2 Å². The summed E-state index contributed by atoms with van der Waals surface area (Å²) in [6.45, 7) is 7.27. The maximum Gasteiger partial charge on any atom is 0.360 e. The molecule has 7 nitrogen and oxygen atoms in total. The van der Waals surface area contributed by atoms with E-state index in [1.165, 1.54) is 4.80 Å². The zero-order valence-electron chi connectivity index (χ0n) is 13.7. The van der Waals surface area contributed by atoms with E-state index in [0.717, 1.165) is 43.0 Å². The molecule has 1 saturated heterocycles. The van der Waals surface area contributed by atoms with Crippen LogP contribution in [0.2, 0.25) is 0 Å². The van der Waals surface area contributed by atoms with Crippen LogP contribution in [0.25, 0.3) is 5.69 Å². The molecular formula is C16H21N5O2. The van der Waals surface area contributed by atoms with Gasteiger partial charge in [0.15, 0.2) is 5.82 Å². The third kappa shape index (κ3) is 3.05. The predicted molar refractivity (Wildman–Crippen MR) is 87.5 cm³/mol. The number of nitrogens with zero attached hydrogens (tertiary/aromatic N) is 5. The number of anilines is 1. The Morgan fingerprint density at radius 3 is 2.43 bits per heavy atom. The number of piperazine rings is 1. The molecule has 1 aliphatic rings. The Labute approximate surface area is 135 Å². The summed E-state index contributed by atoms with van der Waals surface area (Å²) in [5, 5.41) is 18.2. The Kier molecular flexibility index (Phi) is 4.04. The lowest BCUT2D eigenvalue weighted by Gasteiger charge is -2.32. The van der Waals surface area contributed by atoms with Crippen LogP contribution < -0.4 is 4.90 Å². The standard InChI is InChI=1S/C16H21N5O2/c1-11-4-5-13(12(2)10-11)21-17-14(16(22)23)15(18-21)20-8-6-19(3)7-9-20/h4-5,10H,6-9H2,1-3H3,(H,22,23). The van der Waals surface area contributed by atoms with Gasteiger partial charge < -0.3 is 14.9 Å². The lowest BCUT2D eigenvalue weighted by Crippen LogP contribution is -2.45. The van der Waals surface area contributed by atoms with E-state index in [1.807, 2.05) is 36.9 Å². The highest BCUT2D eigenvalue weighted by Crippen LogP contribution is 2.21. The molecule has 122 valence electrons. The molecule has 0 saturated carbocycles. The highest BCUT2D eigenvalue weighted by atomic mass is 16.4. The SMILES string of the molecule is Cc1ccc(-n2nc(C(=O)O)c(N3CCN(C)CC3)n2)c(C)c1. The Morgan fingerprint density at radius 1 is 1.13 bits per heavy atom. The van der Waals surface area contributed by atoms with Crippen molar-refractivity contribution in [3.63, 3.8) is 0 Å². The van der Waals surface area contributed by atoms with Crippen molar-refractivity contribution in [3.05, 3.63) is 35.0 Å². The van der Waals surface area contributed by atoms with Gasteiger partial charge in [-0.3, -0.25) is 0 Å². The average Bonchev–Trinajstić information content (AvgIpc) is 2.93. The predicted octanol–water partition coefficient (Wildman–Crippen LogP) is 1.33. The summed E-state index contributed by atoms with van der Waals surface area (Å²) >= 11 is 0. The van der Waals surface area contributed by atoms with Crippen molar-refractivity contribution in [2.75, 3.05) is 38.1 Å². The number of likely N-dealkylation sites (N-methyl/N-ethyl adjacent to an activating group) is 1. The van der Waals surface area contributed by atoms with E-state index in [1.54, 1.807) is 0 Å². The first kappa shape index (κ1) is 15.5. The Bertz CT molecular complexity index is 732. The fourth-order valence-electron chi connectivity index (χ4n) is 2.81. The molecule has 1 aliphatic heterocycles. The largest absolute Gasteiger partial charge is 0.476 e. The maximum absolute atomic E-state index is 11.6. The summed E-state index contributed by atoms with van der Waals surface area (Å²) in [6, 6.07) is 5.93. The number of carboxylic acid groups (broad SMARTS) is 1. The second-order valence-electron chi connectivity index (χ2n) is 6.05. The van der Waals surface area contributed by atoms with Crippen LogP contribution in [-0.4, -0.2) is 64.2 Å². The van der Waals surface area contributed by atoms with Crippen LogP contribution in [0.5, 0.6) is 0 Å². The molecule has 1 N–H and O–H groups in total. The van der Waals surface area contributed by atoms with E-state index in [0.29, 0.717) is 5.82 Å². The topological polar surface area (TPSA) is 74.5 Å². The molecule has 1 aromatic heterocycles. The van der Waals surface area contributed by atoms with Crippen LogP contribution in [0.3, 0.4) is 0 Å². The minimum Gasteiger partial charge on any atom is -0.476 e. The van der Waals surface area contributed by atoms with E-state index in [4.69, 9.17) is 0 Å². The smallest absolute Gasteiger partial charge is 0.360 e. The number of hydrogen-bond acceptors (Lipinski definition) is 5. The second kappa shape index (κ2) is 6.00. The molecular weight excluding hydrogens is 294 g/mol. The molecule has 0 atom stereocenters. The van der Waals surface area contributed by atoms with Crippen molar-refractivity contribution in [1.82, 2.24) is 19.9 Å². The molecule has 0 bridgehead atoms. The molecule has 1 fully saturated rings. The summed E-state index contributed by atoms with van der Waals surface area (Å²) in [5.41, 5.74) is 2.98. The van der Waals surface area contributed by atoms with E-state index < -0.39 is 5.97 Å². The number of hydrogen-bond donors (Lipinski definition) is 1. The van der Waals surface area contributed by atoms with Crippen LogP contribution in [0.1, 0.15) is 21.6 Å². The average molecular weight is 315 g/mol. The summed E-state index contributed by atoms with van der Waals surface area (Å²) in [7, 11) is 2.06. The summed E-state index contributed by atoms with van der Waals surface area (Å²) in [5.74, 6) is -0.597. The van der Waals surface area contributed by atoms with Gasteiger partial charge >= 0.3 is 5.97 Å². The zero-order chi connectivity index (χ0) is 16.6. The normalized spacial score (nSPS) is 15.9. The quantitative estimate of drug-likeness (QED) is 0.921. The van der Waals surface area contributed by atoms with Gasteiger partial charge in [-0.25, -0.2) is 4.79 Å². The van der Waals surface area contributed by atoms with Crippen molar-refractivity contribution in [3.8, 4) is 5.69 Å². The molecule has 0 spiro atoms. The molecule has 2 heterocycles. The lowest BCUT2D eigenvalue weighted by atomic mass is 10.1. The van der Waals surface area contributed by atoms with Crippen LogP contribution in [0, 0.1) is 13.8 Å². The number of carbonyl (C=O) groups is 1. The Balaban J connectivity index is 2.00. The molecule has 0 unspecified atom stereocenters. The summed E-state index contributed by atoms with van der Waals surface area (Å²) in [6.07, 6.45) is 0. The minimum atomic E-state index is -1.05. The van der Waals surface area contributed by atoms with Gasteiger partial charge in [-0.2, -0.15) is 0 Å². The highest BCUT2D eigenvalue weighted by Gasteiger charge is 2.26. The second-order valence-corrected chi connectivity index (χ2v) is 6.05. The van der Waals surface area contributed by atoms with Crippen LogP contribution in [0.4, 0.5) is 5.82 Å². The molecule has 2 aromatic rings.